The highest BCUT2D eigenvalue weighted by atomic mass is 16.5. The number of para-hydroxylation sites is 2. The van der Waals surface area contributed by atoms with Gasteiger partial charge in [0.2, 0.25) is 5.91 Å². The molecule has 2 aliphatic rings. The van der Waals surface area contributed by atoms with Crippen LogP contribution in [0.25, 0.3) is 0 Å². The van der Waals surface area contributed by atoms with Crippen LogP contribution in [0, 0.1) is 6.92 Å². The van der Waals surface area contributed by atoms with Crippen LogP contribution in [0.2, 0.25) is 0 Å². The van der Waals surface area contributed by atoms with Gasteiger partial charge in [0.05, 0.1) is 5.69 Å². The van der Waals surface area contributed by atoms with Crippen LogP contribution in [0.5, 0.6) is 5.75 Å². The van der Waals surface area contributed by atoms with Crippen molar-refractivity contribution in [3.8, 4) is 5.75 Å². The van der Waals surface area contributed by atoms with Crippen LogP contribution in [-0.4, -0.2) is 37.6 Å². The number of rotatable bonds is 5. The highest BCUT2D eigenvalue weighted by Crippen LogP contribution is 2.33. The number of hydrogen-bond acceptors (Lipinski definition) is 4. The number of hydrogen-bond donors (Lipinski definition) is 1. The second-order valence-electron chi connectivity index (χ2n) is 7.71. The number of carbonyl (C=O) groups is 2. The van der Waals surface area contributed by atoms with Crippen LogP contribution in [0.4, 0.5) is 17.1 Å². The van der Waals surface area contributed by atoms with E-state index < -0.39 is 6.10 Å². The maximum Gasteiger partial charge on any atom is 0.267 e. The second-order valence-corrected chi connectivity index (χ2v) is 7.71. The van der Waals surface area contributed by atoms with E-state index in [9.17, 15) is 9.59 Å². The van der Waals surface area contributed by atoms with Crippen LogP contribution in [0.3, 0.4) is 0 Å². The van der Waals surface area contributed by atoms with E-state index in [-0.39, 0.29) is 18.2 Å². The van der Waals surface area contributed by atoms with Crippen molar-refractivity contribution in [1.29, 1.82) is 0 Å². The van der Waals surface area contributed by atoms with Crippen molar-refractivity contribution in [2.24, 2.45) is 0 Å². The fourth-order valence-corrected chi connectivity index (χ4v) is 4.07. The molecule has 152 valence electrons. The van der Waals surface area contributed by atoms with Gasteiger partial charge < -0.3 is 19.9 Å². The van der Waals surface area contributed by atoms with Crippen LogP contribution in [-0.2, 0) is 9.59 Å². The summed E-state index contributed by atoms with van der Waals surface area (Å²) in [7, 11) is 0. The summed E-state index contributed by atoms with van der Waals surface area (Å²) in [6.45, 7) is 6.32. The van der Waals surface area contributed by atoms with E-state index in [1.54, 1.807) is 11.8 Å². The molecule has 1 unspecified atom stereocenters. The van der Waals surface area contributed by atoms with Crippen LogP contribution in [0.1, 0.15) is 31.7 Å². The third-order valence-electron chi connectivity index (χ3n) is 5.56. The second kappa shape index (κ2) is 8.15. The van der Waals surface area contributed by atoms with Gasteiger partial charge in [-0.15, -0.1) is 0 Å². The van der Waals surface area contributed by atoms with Crippen LogP contribution < -0.4 is 19.9 Å². The van der Waals surface area contributed by atoms with E-state index in [0.29, 0.717) is 18.0 Å². The van der Waals surface area contributed by atoms with E-state index in [1.807, 2.05) is 36.4 Å². The molecular weight excluding hydrogens is 366 g/mol. The average Bonchev–Trinajstić information content (AvgIpc) is 3.23. The van der Waals surface area contributed by atoms with Crippen molar-refractivity contribution in [2.75, 3.05) is 34.8 Å². The van der Waals surface area contributed by atoms with Gasteiger partial charge in [-0.1, -0.05) is 12.1 Å². The molecule has 2 aliphatic heterocycles. The summed E-state index contributed by atoms with van der Waals surface area (Å²) < 4.78 is 5.65. The first-order valence-corrected chi connectivity index (χ1v) is 10.3. The van der Waals surface area contributed by atoms with Gasteiger partial charge in [0.25, 0.3) is 5.91 Å². The Labute approximate surface area is 171 Å². The third-order valence-corrected chi connectivity index (χ3v) is 5.56. The topological polar surface area (TPSA) is 61.9 Å². The summed E-state index contributed by atoms with van der Waals surface area (Å²) in [5.74, 6) is 0.443. The summed E-state index contributed by atoms with van der Waals surface area (Å²) in [4.78, 5) is 29.1. The molecule has 2 amide bonds. The molecule has 0 spiro atoms. The summed E-state index contributed by atoms with van der Waals surface area (Å²) in [5, 5.41) is 2.96. The van der Waals surface area contributed by atoms with Crippen molar-refractivity contribution in [3.63, 3.8) is 0 Å². The largest absolute Gasteiger partial charge is 0.479 e. The van der Waals surface area contributed by atoms with E-state index in [2.05, 4.69) is 23.2 Å². The van der Waals surface area contributed by atoms with Crippen molar-refractivity contribution < 1.29 is 14.3 Å². The van der Waals surface area contributed by atoms with Crippen molar-refractivity contribution in [2.45, 2.75) is 39.2 Å². The van der Waals surface area contributed by atoms with E-state index in [1.165, 1.54) is 18.5 Å². The Kier molecular flexibility index (Phi) is 5.43. The highest BCUT2D eigenvalue weighted by molar-refractivity contribution is 6.00. The molecule has 1 atom stereocenters. The SMILES string of the molecule is Cc1cc(NC(=O)CCN2C(=O)C(C)Oc3ccccc32)ccc1N1CCCC1. The lowest BCUT2D eigenvalue weighted by Gasteiger charge is -2.32. The number of fused-ring (bicyclic) bond motifs is 1. The predicted octanol–water partition coefficient (Wildman–Crippen LogP) is 3.74. The molecule has 1 N–H and O–H groups in total. The lowest BCUT2D eigenvalue weighted by Crippen LogP contribution is -2.45. The Morgan fingerprint density at radius 1 is 1.14 bits per heavy atom. The Morgan fingerprint density at radius 2 is 1.90 bits per heavy atom. The molecule has 0 aromatic heterocycles. The number of aryl methyl sites for hydroxylation is 1. The Hall–Kier alpha value is -3.02. The Balaban J connectivity index is 1.39. The van der Waals surface area contributed by atoms with Crippen LogP contribution >= 0.6 is 0 Å². The zero-order chi connectivity index (χ0) is 20.4. The minimum atomic E-state index is -0.547. The first-order valence-electron chi connectivity index (χ1n) is 10.3. The summed E-state index contributed by atoms with van der Waals surface area (Å²) in [5.41, 5.74) is 3.91. The standard InChI is InChI=1S/C23H27N3O3/c1-16-15-18(9-10-19(16)25-12-5-6-13-25)24-22(27)11-14-26-20-7-3-4-8-21(20)29-17(2)23(26)28/h3-4,7-10,15,17H,5-6,11-14H2,1-2H3,(H,24,27). The lowest BCUT2D eigenvalue weighted by atomic mass is 10.1. The zero-order valence-corrected chi connectivity index (χ0v) is 17.0. The molecule has 1 fully saturated rings. The number of ether oxygens (including phenoxy) is 1. The summed E-state index contributed by atoms with van der Waals surface area (Å²) >= 11 is 0. The third kappa shape index (κ3) is 4.06. The van der Waals surface area contributed by atoms with E-state index in [4.69, 9.17) is 4.74 Å². The van der Waals surface area contributed by atoms with Gasteiger partial charge in [-0.25, -0.2) is 0 Å². The Morgan fingerprint density at radius 3 is 2.66 bits per heavy atom. The average molecular weight is 393 g/mol. The molecule has 6 heteroatoms. The number of amides is 2. The Bertz CT molecular complexity index is 921. The minimum Gasteiger partial charge on any atom is -0.479 e. The zero-order valence-electron chi connectivity index (χ0n) is 17.0. The van der Waals surface area contributed by atoms with Gasteiger partial charge in [0.1, 0.15) is 5.75 Å². The molecule has 0 bridgehead atoms. The molecule has 2 aromatic rings. The van der Waals surface area contributed by atoms with Gasteiger partial charge >= 0.3 is 0 Å². The quantitative estimate of drug-likeness (QED) is 0.841. The molecule has 2 aromatic carbocycles. The molecule has 29 heavy (non-hydrogen) atoms. The van der Waals surface area contributed by atoms with Gasteiger partial charge in [0, 0.05) is 37.4 Å². The van der Waals surface area contributed by atoms with Gasteiger partial charge in [-0.2, -0.15) is 0 Å². The van der Waals surface area contributed by atoms with Gasteiger partial charge in [0.15, 0.2) is 6.10 Å². The van der Waals surface area contributed by atoms with Crippen molar-refractivity contribution in [1.82, 2.24) is 0 Å². The molecule has 4 rings (SSSR count). The van der Waals surface area contributed by atoms with Crippen LogP contribution in [0.15, 0.2) is 42.5 Å². The number of benzene rings is 2. The monoisotopic (exact) mass is 393 g/mol. The maximum absolute atomic E-state index is 12.5. The number of anilines is 3. The van der Waals surface area contributed by atoms with E-state index in [0.717, 1.165) is 24.3 Å². The van der Waals surface area contributed by atoms with Gasteiger partial charge in [-0.3, -0.25) is 9.59 Å². The molecular formula is C23H27N3O3. The normalized spacial score (nSPS) is 18.4. The van der Waals surface area contributed by atoms with Gasteiger partial charge in [-0.05, 0) is 62.6 Å². The minimum absolute atomic E-state index is 0.109. The number of nitrogens with zero attached hydrogens (tertiary/aromatic N) is 2. The van der Waals surface area contributed by atoms with Crippen molar-refractivity contribution >= 4 is 28.9 Å². The fourth-order valence-electron chi connectivity index (χ4n) is 4.07. The first-order chi connectivity index (χ1) is 14.0. The summed E-state index contributed by atoms with van der Waals surface area (Å²) in [6, 6.07) is 13.5. The molecule has 1 saturated heterocycles. The number of nitrogens with one attached hydrogen (secondary N) is 1. The molecule has 2 heterocycles. The lowest BCUT2D eigenvalue weighted by molar-refractivity contribution is -0.125. The molecule has 0 aliphatic carbocycles. The summed E-state index contributed by atoms with van der Waals surface area (Å²) in [6.07, 6.45) is 2.15. The van der Waals surface area contributed by atoms with E-state index >= 15 is 0 Å². The predicted molar refractivity (Wildman–Crippen MR) is 115 cm³/mol. The molecule has 0 saturated carbocycles. The first kappa shape index (κ1) is 19.3. The highest BCUT2D eigenvalue weighted by Gasteiger charge is 2.31. The molecule has 6 nitrogen and oxygen atoms in total. The molecule has 0 radical (unpaired) electrons. The van der Waals surface area contributed by atoms with Crippen molar-refractivity contribution in [3.05, 3.63) is 48.0 Å². The number of carbonyl (C=O) groups excluding carboxylic acids is 2. The fraction of sp³-hybridized carbons (Fsp3) is 0.391. The maximum atomic E-state index is 12.5. The smallest absolute Gasteiger partial charge is 0.267 e.